The molecule has 2 fully saturated rings. The van der Waals surface area contributed by atoms with Gasteiger partial charge in [0.1, 0.15) is 16.9 Å². The first-order chi connectivity index (χ1) is 21.4. The van der Waals surface area contributed by atoms with Gasteiger partial charge in [-0.2, -0.15) is 10.4 Å². The molecule has 0 unspecified atom stereocenters. The van der Waals surface area contributed by atoms with E-state index in [1.807, 2.05) is 6.20 Å². The number of nitrogens with two attached hydrogens (primary N) is 2. The molecule has 2 aliphatic heterocycles. The lowest BCUT2D eigenvalue weighted by molar-refractivity contribution is 0.232. The van der Waals surface area contributed by atoms with Gasteiger partial charge >= 0.3 is 0 Å². The Hall–Kier alpha value is -3.53. The van der Waals surface area contributed by atoms with Crippen molar-refractivity contribution < 1.29 is 4.52 Å². The van der Waals surface area contributed by atoms with Crippen LogP contribution in [0.3, 0.4) is 0 Å². The molecule has 3 atom stereocenters. The molecule has 12 heteroatoms. The fraction of sp³-hybridized carbons (Fsp3) is 0.594. The lowest BCUT2D eigenvalue weighted by atomic mass is 9.63. The molecule has 4 aliphatic rings. The standard InChI is InChI=1S/C32H40N10OS/c1-18(23-7-5-13-40(23)2)42-31-22(17-36-42)30(41-14-9-19(34)10-15-41)37-29(38-31)26-20-6-3-11-32(27(20)43-39-26)12-4-8-24-25(32)21(16-33)28(35)44-24/h17-19,23H,3-15,34-35H2,1-2H3/t18-,23-,32-/m0/s1. The Morgan fingerprint density at radius 1 is 1.11 bits per heavy atom. The fourth-order valence-corrected chi connectivity index (χ4v) is 9.75. The third-order valence-corrected chi connectivity index (χ3v) is 11.9. The minimum absolute atomic E-state index is 0.161. The average Bonchev–Trinajstić information content (AvgIpc) is 3.82. The van der Waals surface area contributed by atoms with Gasteiger partial charge < -0.3 is 25.8 Å². The molecule has 44 heavy (non-hydrogen) atoms. The van der Waals surface area contributed by atoms with E-state index in [0.717, 1.165) is 111 Å². The topological polar surface area (TPSA) is 152 Å². The molecule has 4 N–H and O–H groups in total. The Labute approximate surface area is 261 Å². The summed E-state index contributed by atoms with van der Waals surface area (Å²) in [4.78, 5) is 16.4. The zero-order valence-corrected chi connectivity index (χ0v) is 26.4. The number of hydrogen-bond donors (Lipinski definition) is 2. The number of aromatic nitrogens is 5. The Morgan fingerprint density at radius 3 is 2.66 bits per heavy atom. The largest absolute Gasteiger partial charge is 0.389 e. The highest BCUT2D eigenvalue weighted by atomic mass is 32.1. The summed E-state index contributed by atoms with van der Waals surface area (Å²) in [5.41, 5.74) is 16.6. The van der Waals surface area contributed by atoms with Crippen molar-refractivity contribution in [2.24, 2.45) is 5.73 Å². The van der Waals surface area contributed by atoms with Crippen molar-refractivity contribution >= 4 is 33.2 Å². The summed E-state index contributed by atoms with van der Waals surface area (Å²) in [5.74, 6) is 2.35. The number of anilines is 2. The minimum Gasteiger partial charge on any atom is -0.389 e. The third kappa shape index (κ3) is 4.12. The van der Waals surface area contributed by atoms with E-state index < -0.39 is 0 Å². The molecular weight excluding hydrogens is 572 g/mol. The van der Waals surface area contributed by atoms with E-state index in [4.69, 9.17) is 36.2 Å². The van der Waals surface area contributed by atoms with E-state index in [1.54, 1.807) is 11.3 Å². The van der Waals surface area contributed by atoms with Crippen molar-refractivity contribution in [3.8, 4) is 17.6 Å². The highest BCUT2D eigenvalue weighted by molar-refractivity contribution is 7.16. The van der Waals surface area contributed by atoms with Crippen LogP contribution in [0.4, 0.5) is 10.8 Å². The number of hydrogen-bond acceptors (Lipinski definition) is 11. The van der Waals surface area contributed by atoms with Crippen molar-refractivity contribution in [3.63, 3.8) is 0 Å². The van der Waals surface area contributed by atoms with E-state index in [-0.39, 0.29) is 17.5 Å². The summed E-state index contributed by atoms with van der Waals surface area (Å²) < 4.78 is 8.43. The maximum absolute atomic E-state index is 10.1. The second-order valence-corrected chi connectivity index (χ2v) is 14.5. The highest BCUT2D eigenvalue weighted by Gasteiger charge is 2.49. The number of piperidine rings is 1. The minimum atomic E-state index is -0.384. The second kappa shape index (κ2) is 10.5. The quantitative estimate of drug-likeness (QED) is 0.336. The van der Waals surface area contributed by atoms with Gasteiger partial charge in [-0.15, -0.1) is 11.3 Å². The van der Waals surface area contributed by atoms with Gasteiger partial charge in [-0.1, -0.05) is 5.16 Å². The van der Waals surface area contributed by atoms with Gasteiger partial charge in [-0.3, -0.25) is 0 Å². The normalized spacial score (nSPS) is 25.0. The van der Waals surface area contributed by atoms with E-state index in [0.29, 0.717) is 28.1 Å². The molecule has 0 amide bonds. The number of likely N-dealkylation sites (tertiary alicyclic amines) is 1. The van der Waals surface area contributed by atoms with Crippen LogP contribution in [0.25, 0.3) is 22.6 Å². The maximum Gasteiger partial charge on any atom is 0.186 e. The molecule has 2 aliphatic carbocycles. The monoisotopic (exact) mass is 612 g/mol. The fourth-order valence-electron chi connectivity index (χ4n) is 8.59. The van der Waals surface area contributed by atoms with Gasteiger partial charge in [0, 0.05) is 35.6 Å². The predicted molar refractivity (Wildman–Crippen MR) is 171 cm³/mol. The number of likely N-dealkylation sites (N-methyl/N-ethyl adjacent to an activating group) is 1. The number of thiophene rings is 1. The number of aryl methyl sites for hydroxylation is 1. The van der Waals surface area contributed by atoms with Crippen LogP contribution in [0.2, 0.25) is 0 Å². The lowest BCUT2D eigenvalue weighted by Gasteiger charge is -2.39. The van der Waals surface area contributed by atoms with Crippen LogP contribution in [0.5, 0.6) is 0 Å². The van der Waals surface area contributed by atoms with Crippen LogP contribution < -0.4 is 16.4 Å². The van der Waals surface area contributed by atoms with E-state index in [9.17, 15) is 5.26 Å². The van der Waals surface area contributed by atoms with Gasteiger partial charge in [0.25, 0.3) is 0 Å². The van der Waals surface area contributed by atoms with Crippen molar-refractivity contribution in [1.82, 2.24) is 29.8 Å². The molecule has 0 bridgehead atoms. The second-order valence-electron chi connectivity index (χ2n) is 13.3. The molecule has 4 aromatic heterocycles. The first-order valence-corrected chi connectivity index (χ1v) is 17.0. The summed E-state index contributed by atoms with van der Waals surface area (Å²) >= 11 is 1.56. The SMILES string of the molecule is C[C@@H]([C@@H]1CCCN1C)n1ncc2c(N3CCC(N)CC3)nc(-c3noc4c3CCC[C@@]43CCCc4sc(N)c(C#N)c43)nc21. The molecule has 0 saturated carbocycles. The Balaban J connectivity index is 1.28. The molecule has 2 saturated heterocycles. The van der Waals surface area contributed by atoms with Crippen LogP contribution in [-0.4, -0.2) is 68.6 Å². The third-order valence-electron chi connectivity index (χ3n) is 10.9. The van der Waals surface area contributed by atoms with Gasteiger partial charge in [-0.05, 0) is 90.3 Å². The Kier molecular flexibility index (Phi) is 6.70. The molecule has 0 radical (unpaired) electrons. The first-order valence-electron chi connectivity index (χ1n) is 16.2. The summed E-state index contributed by atoms with van der Waals surface area (Å²) in [7, 11) is 2.20. The summed E-state index contributed by atoms with van der Waals surface area (Å²) in [6, 6.07) is 3.20. The summed E-state index contributed by atoms with van der Waals surface area (Å²) in [5, 5.41) is 21.3. The summed E-state index contributed by atoms with van der Waals surface area (Å²) in [6.45, 7) is 5.05. The highest BCUT2D eigenvalue weighted by Crippen LogP contribution is 2.55. The smallest absolute Gasteiger partial charge is 0.186 e. The van der Waals surface area contributed by atoms with Gasteiger partial charge in [-0.25, -0.2) is 14.6 Å². The number of nitrogen functional groups attached to an aromatic ring is 1. The van der Waals surface area contributed by atoms with Gasteiger partial charge in [0.05, 0.1) is 28.6 Å². The molecular formula is C32H40N10OS. The molecule has 1 spiro atoms. The number of nitrogens with zero attached hydrogens (tertiary/aromatic N) is 8. The van der Waals surface area contributed by atoms with Crippen LogP contribution in [0, 0.1) is 11.3 Å². The van der Waals surface area contributed by atoms with Crippen molar-refractivity contribution in [2.75, 3.05) is 37.3 Å². The van der Waals surface area contributed by atoms with Crippen molar-refractivity contribution in [2.45, 2.75) is 94.7 Å². The average molecular weight is 613 g/mol. The number of nitriles is 1. The molecule has 11 nitrogen and oxygen atoms in total. The van der Waals surface area contributed by atoms with Crippen LogP contribution in [0.1, 0.15) is 91.7 Å². The Bertz CT molecular complexity index is 1770. The zero-order valence-electron chi connectivity index (χ0n) is 25.6. The number of fused-ring (bicyclic) bond motifs is 5. The molecule has 6 heterocycles. The van der Waals surface area contributed by atoms with E-state index in [2.05, 4.69) is 34.5 Å². The molecule has 4 aromatic rings. The van der Waals surface area contributed by atoms with Crippen LogP contribution >= 0.6 is 11.3 Å². The van der Waals surface area contributed by atoms with Gasteiger partial charge in [0.15, 0.2) is 22.9 Å². The summed E-state index contributed by atoms with van der Waals surface area (Å²) in [6.07, 6.45) is 11.8. The van der Waals surface area contributed by atoms with Gasteiger partial charge in [0.2, 0.25) is 0 Å². The van der Waals surface area contributed by atoms with Crippen LogP contribution in [0.15, 0.2) is 10.7 Å². The predicted octanol–water partition coefficient (Wildman–Crippen LogP) is 4.54. The molecule has 8 rings (SSSR count). The Morgan fingerprint density at radius 2 is 1.91 bits per heavy atom. The lowest BCUT2D eigenvalue weighted by Crippen LogP contribution is -2.40. The van der Waals surface area contributed by atoms with E-state index >= 15 is 0 Å². The molecule has 0 aromatic carbocycles. The van der Waals surface area contributed by atoms with Crippen molar-refractivity contribution in [1.29, 1.82) is 5.26 Å². The van der Waals surface area contributed by atoms with Crippen molar-refractivity contribution in [3.05, 3.63) is 33.5 Å². The number of rotatable bonds is 4. The molecule has 230 valence electrons. The van der Waals surface area contributed by atoms with Crippen LogP contribution in [-0.2, 0) is 18.3 Å². The maximum atomic E-state index is 10.1. The van der Waals surface area contributed by atoms with E-state index in [1.165, 1.54) is 11.3 Å². The zero-order chi connectivity index (χ0) is 30.2. The first kappa shape index (κ1) is 28.0.